The maximum absolute atomic E-state index is 5.53. The van der Waals surface area contributed by atoms with Gasteiger partial charge in [-0.25, -0.2) is 4.98 Å². The van der Waals surface area contributed by atoms with Crippen LogP contribution in [0.4, 0.5) is 0 Å². The van der Waals surface area contributed by atoms with Gasteiger partial charge in [-0.1, -0.05) is 12.1 Å². The fourth-order valence-electron chi connectivity index (χ4n) is 2.13. The minimum absolute atomic E-state index is 0.696. The summed E-state index contributed by atoms with van der Waals surface area (Å²) in [4.78, 5) is 6.12. The summed E-state index contributed by atoms with van der Waals surface area (Å²) in [5, 5.41) is 4.49. The Morgan fingerprint density at radius 3 is 3.22 bits per heavy atom. The third kappa shape index (κ3) is 2.26. The van der Waals surface area contributed by atoms with E-state index < -0.39 is 0 Å². The first-order valence-electron chi connectivity index (χ1n) is 6.29. The third-order valence-corrected chi connectivity index (χ3v) is 4.14. The first-order chi connectivity index (χ1) is 8.86. The minimum Gasteiger partial charge on any atom is -0.494 e. The second-order valence-corrected chi connectivity index (χ2v) is 5.36. The molecule has 2 aromatic rings. The molecule has 0 atom stereocenters. The van der Waals surface area contributed by atoms with Crippen molar-refractivity contribution in [2.24, 2.45) is 0 Å². The van der Waals surface area contributed by atoms with Gasteiger partial charge in [0.2, 0.25) is 0 Å². The molecule has 0 saturated carbocycles. The Morgan fingerprint density at radius 2 is 2.39 bits per heavy atom. The predicted molar refractivity (Wildman–Crippen MR) is 74.1 cm³/mol. The summed E-state index contributed by atoms with van der Waals surface area (Å²) in [7, 11) is 0. The molecule has 1 aliphatic rings. The summed E-state index contributed by atoms with van der Waals surface area (Å²) in [6.07, 6.45) is 1.04. The molecular weight excluding hydrogens is 244 g/mol. The summed E-state index contributed by atoms with van der Waals surface area (Å²) < 4.78 is 5.53. The van der Waals surface area contributed by atoms with Crippen molar-refractivity contribution in [1.82, 2.24) is 10.3 Å². The normalized spacial score (nSPS) is 14.3. The van der Waals surface area contributed by atoms with E-state index in [-0.39, 0.29) is 0 Å². The van der Waals surface area contributed by atoms with E-state index in [4.69, 9.17) is 9.72 Å². The molecule has 3 nitrogen and oxygen atoms in total. The first kappa shape index (κ1) is 11.7. The number of nitrogens with zero attached hydrogens (tertiary/aromatic N) is 1. The van der Waals surface area contributed by atoms with Crippen molar-refractivity contribution in [1.29, 1.82) is 0 Å². The molecule has 4 heteroatoms. The molecule has 1 aromatic heterocycles. The van der Waals surface area contributed by atoms with Gasteiger partial charge in [0.1, 0.15) is 10.8 Å². The van der Waals surface area contributed by atoms with E-state index in [1.165, 1.54) is 10.6 Å². The maximum atomic E-state index is 5.53. The molecule has 0 amide bonds. The van der Waals surface area contributed by atoms with Gasteiger partial charge in [0.25, 0.3) is 0 Å². The van der Waals surface area contributed by atoms with Crippen molar-refractivity contribution in [3.8, 4) is 16.3 Å². The van der Waals surface area contributed by atoms with Crippen LogP contribution in [0.2, 0.25) is 0 Å². The van der Waals surface area contributed by atoms with Crippen molar-refractivity contribution in [2.75, 3.05) is 13.2 Å². The molecule has 2 heterocycles. The summed E-state index contributed by atoms with van der Waals surface area (Å²) in [6.45, 7) is 4.69. The molecule has 0 radical (unpaired) electrons. The number of hydrogen-bond donors (Lipinski definition) is 1. The van der Waals surface area contributed by atoms with Gasteiger partial charge in [-0.05, 0) is 19.1 Å². The standard InChI is InChI=1S/C14H16N2OS/c1-2-17-11-5-3-4-10(8-11)14-16-12-6-7-15-9-13(12)18-14/h3-5,8,15H,2,6-7,9H2,1H3. The lowest BCUT2D eigenvalue weighted by molar-refractivity contribution is 0.340. The second kappa shape index (κ2) is 5.08. The molecule has 3 rings (SSSR count). The zero-order valence-electron chi connectivity index (χ0n) is 10.4. The molecule has 94 valence electrons. The fourth-order valence-corrected chi connectivity index (χ4v) is 3.21. The van der Waals surface area contributed by atoms with Crippen LogP contribution in [0.3, 0.4) is 0 Å². The number of nitrogens with one attached hydrogen (secondary N) is 1. The topological polar surface area (TPSA) is 34.1 Å². The van der Waals surface area contributed by atoms with Crippen LogP contribution in [0.15, 0.2) is 24.3 Å². The predicted octanol–water partition coefficient (Wildman–Crippen LogP) is 2.85. The Bertz CT molecular complexity index is 527. The van der Waals surface area contributed by atoms with Crippen LogP contribution in [0.5, 0.6) is 5.75 Å². The zero-order valence-corrected chi connectivity index (χ0v) is 11.2. The molecule has 0 aliphatic carbocycles. The second-order valence-electron chi connectivity index (χ2n) is 4.28. The molecule has 18 heavy (non-hydrogen) atoms. The molecule has 1 N–H and O–H groups in total. The van der Waals surface area contributed by atoms with Crippen LogP contribution >= 0.6 is 11.3 Å². The van der Waals surface area contributed by atoms with E-state index in [9.17, 15) is 0 Å². The molecule has 1 aliphatic heterocycles. The van der Waals surface area contributed by atoms with Crippen LogP contribution in [-0.4, -0.2) is 18.1 Å². The summed E-state index contributed by atoms with van der Waals surface area (Å²) in [5.41, 5.74) is 2.41. The lowest BCUT2D eigenvalue weighted by Gasteiger charge is -2.09. The van der Waals surface area contributed by atoms with Gasteiger partial charge in [0.05, 0.1) is 12.3 Å². The van der Waals surface area contributed by atoms with Gasteiger partial charge in [-0.2, -0.15) is 0 Å². The summed E-state index contributed by atoms with van der Waals surface area (Å²) >= 11 is 1.79. The number of fused-ring (bicyclic) bond motifs is 1. The van der Waals surface area contributed by atoms with E-state index in [1.54, 1.807) is 11.3 Å². The highest BCUT2D eigenvalue weighted by Gasteiger charge is 2.15. The maximum Gasteiger partial charge on any atom is 0.124 e. The average Bonchev–Trinajstić information content (AvgIpc) is 2.83. The highest BCUT2D eigenvalue weighted by molar-refractivity contribution is 7.15. The van der Waals surface area contributed by atoms with E-state index in [0.717, 1.165) is 35.8 Å². The smallest absolute Gasteiger partial charge is 0.124 e. The van der Waals surface area contributed by atoms with Gasteiger partial charge in [-0.15, -0.1) is 11.3 Å². The van der Waals surface area contributed by atoms with E-state index in [0.29, 0.717) is 6.61 Å². The molecular formula is C14H16N2OS. The van der Waals surface area contributed by atoms with Crippen LogP contribution in [0.25, 0.3) is 10.6 Å². The van der Waals surface area contributed by atoms with Gasteiger partial charge in [0, 0.05) is 30.0 Å². The molecule has 0 saturated heterocycles. The van der Waals surface area contributed by atoms with Gasteiger partial charge in [0.15, 0.2) is 0 Å². The number of hydrogen-bond acceptors (Lipinski definition) is 4. The Morgan fingerprint density at radius 1 is 1.44 bits per heavy atom. The van der Waals surface area contributed by atoms with Gasteiger partial charge in [-0.3, -0.25) is 0 Å². The Balaban J connectivity index is 1.94. The molecule has 0 spiro atoms. The lowest BCUT2D eigenvalue weighted by atomic mass is 10.2. The van der Waals surface area contributed by atoms with Crippen LogP contribution in [-0.2, 0) is 13.0 Å². The largest absolute Gasteiger partial charge is 0.494 e. The van der Waals surface area contributed by atoms with Crippen LogP contribution in [0.1, 0.15) is 17.5 Å². The Kier molecular flexibility index (Phi) is 3.30. The monoisotopic (exact) mass is 260 g/mol. The number of rotatable bonds is 3. The molecule has 0 fully saturated rings. The van der Waals surface area contributed by atoms with Gasteiger partial charge < -0.3 is 10.1 Å². The number of thiazole rings is 1. The highest BCUT2D eigenvalue weighted by atomic mass is 32.1. The van der Waals surface area contributed by atoms with E-state index in [2.05, 4.69) is 17.4 Å². The van der Waals surface area contributed by atoms with Crippen molar-refractivity contribution in [3.63, 3.8) is 0 Å². The summed E-state index contributed by atoms with van der Waals surface area (Å²) in [6, 6.07) is 8.18. The van der Waals surface area contributed by atoms with E-state index in [1.807, 2.05) is 19.1 Å². The average molecular weight is 260 g/mol. The van der Waals surface area contributed by atoms with Gasteiger partial charge >= 0.3 is 0 Å². The van der Waals surface area contributed by atoms with Crippen molar-refractivity contribution in [2.45, 2.75) is 19.9 Å². The van der Waals surface area contributed by atoms with Crippen molar-refractivity contribution in [3.05, 3.63) is 34.8 Å². The Labute approximate surface area is 111 Å². The van der Waals surface area contributed by atoms with Crippen molar-refractivity contribution < 1.29 is 4.74 Å². The number of ether oxygens (including phenoxy) is 1. The summed E-state index contributed by atoms with van der Waals surface area (Å²) in [5.74, 6) is 0.918. The van der Waals surface area contributed by atoms with Crippen LogP contribution < -0.4 is 10.1 Å². The fraction of sp³-hybridized carbons (Fsp3) is 0.357. The molecule has 1 aromatic carbocycles. The quantitative estimate of drug-likeness (QED) is 0.921. The lowest BCUT2D eigenvalue weighted by Crippen LogP contribution is -2.22. The Hall–Kier alpha value is -1.39. The molecule has 0 unspecified atom stereocenters. The SMILES string of the molecule is CCOc1cccc(-c2nc3c(s2)CNCC3)c1. The first-order valence-corrected chi connectivity index (χ1v) is 7.11. The van der Waals surface area contributed by atoms with Crippen molar-refractivity contribution >= 4 is 11.3 Å². The zero-order chi connectivity index (χ0) is 12.4. The minimum atomic E-state index is 0.696. The number of aromatic nitrogens is 1. The number of benzene rings is 1. The van der Waals surface area contributed by atoms with E-state index >= 15 is 0 Å². The molecule has 0 bridgehead atoms. The third-order valence-electron chi connectivity index (χ3n) is 2.99. The highest BCUT2D eigenvalue weighted by Crippen LogP contribution is 2.31. The van der Waals surface area contributed by atoms with Crippen LogP contribution in [0, 0.1) is 0 Å².